The van der Waals surface area contributed by atoms with Crippen molar-refractivity contribution in [3.05, 3.63) is 77.3 Å². The zero-order valence-electron chi connectivity index (χ0n) is 20.9. The number of halogens is 1. The summed E-state index contributed by atoms with van der Waals surface area (Å²) in [5, 5.41) is 4.31. The largest absolute Gasteiger partial charge is 0.459 e. The summed E-state index contributed by atoms with van der Waals surface area (Å²) in [6.07, 6.45) is 0.668. The molecule has 2 N–H and O–H groups in total. The molecule has 0 radical (unpaired) electrons. The van der Waals surface area contributed by atoms with Crippen molar-refractivity contribution < 1.29 is 9.53 Å². The van der Waals surface area contributed by atoms with Crippen LogP contribution in [0.2, 0.25) is 5.02 Å². The smallest absolute Gasteiger partial charge is 0.328 e. The van der Waals surface area contributed by atoms with Gasteiger partial charge in [0.25, 0.3) is 0 Å². The van der Waals surface area contributed by atoms with Gasteiger partial charge in [-0.3, -0.25) is 0 Å². The first kappa shape index (κ1) is 26.2. The van der Waals surface area contributed by atoms with Crippen molar-refractivity contribution in [2.75, 3.05) is 6.54 Å². The molecule has 2 aromatic carbocycles. The number of carbonyl (C=O) groups excluding carboxylic acids is 1. The van der Waals surface area contributed by atoms with Gasteiger partial charge in [-0.05, 0) is 74.5 Å². The molecule has 3 aromatic rings. The van der Waals surface area contributed by atoms with E-state index in [9.17, 15) is 4.79 Å². The normalized spacial score (nSPS) is 21.8. The highest BCUT2D eigenvalue weighted by atomic mass is 35.5. The molecule has 7 heteroatoms. The topological polar surface area (TPSA) is 50.4 Å². The molecule has 2 atom stereocenters. The van der Waals surface area contributed by atoms with Crippen LogP contribution in [0, 0.1) is 0 Å². The molecule has 4 rings (SSSR count). The summed E-state index contributed by atoms with van der Waals surface area (Å²) in [5.41, 5.74) is 0.458. The summed E-state index contributed by atoms with van der Waals surface area (Å²) in [4.78, 5) is 14.9. The lowest BCUT2D eigenvalue weighted by Crippen LogP contribution is -2.49. The van der Waals surface area contributed by atoms with Crippen LogP contribution in [0.25, 0.3) is 10.4 Å². The number of ether oxygens (including phenoxy) is 1. The van der Waals surface area contributed by atoms with Gasteiger partial charge in [0.15, 0.2) is 0 Å². The summed E-state index contributed by atoms with van der Waals surface area (Å²) in [6.45, 7) is 10.7. The molecule has 186 valence electrons. The van der Waals surface area contributed by atoms with Crippen LogP contribution >= 0.6 is 34.9 Å². The molecular weight excluding hydrogens is 496 g/mol. The predicted molar refractivity (Wildman–Crippen MR) is 148 cm³/mol. The molecule has 1 saturated carbocycles. The zero-order valence-corrected chi connectivity index (χ0v) is 23.2. The van der Waals surface area contributed by atoms with Crippen LogP contribution in [0.3, 0.4) is 0 Å². The van der Waals surface area contributed by atoms with Crippen LogP contribution in [-0.2, 0) is 14.9 Å². The van der Waals surface area contributed by atoms with Crippen molar-refractivity contribution in [1.29, 1.82) is 0 Å². The van der Waals surface area contributed by atoms with Crippen molar-refractivity contribution in [2.45, 2.75) is 67.8 Å². The predicted octanol–water partition coefficient (Wildman–Crippen LogP) is 7.09. The van der Waals surface area contributed by atoms with E-state index in [1.165, 1.54) is 11.9 Å². The minimum atomic E-state index is -0.835. The molecule has 0 spiro atoms. The van der Waals surface area contributed by atoms with Gasteiger partial charge in [0, 0.05) is 27.9 Å². The first-order chi connectivity index (χ1) is 16.5. The monoisotopic (exact) mass is 528 g/mol. The van der Waals surface area contributed by atoms with Crippen molar-refractivity contribution in [3.8, 4) is 10.4 Å². The lowest BCUT2D eigenvalue weighted by Gasteiger charge is -2.30. The fourth-order valence-electron chi connectivity index (χ4n) is 4.30. The number of esters is 1. The van der Waals surface area contributed by atoms with Gasteiger partial charge < -0.3 is 10.1 Å². The maximum Gasteiger partial charge on any atom is 0.328 e. The molecule has 0 bridgehead atoms. The number of rotatable bonds is 9. The van der Waals surface area contributed by atoms with Crippen molar-refractivity contribution >= 4 is 40.9 Å². The van der Waals surface area contributed by atoms with Crippen molar-refractivity contribution in [2.24, 2.45) is 0 Å². The van der Waals surface area contributed by atoms with Gasteiger partial charge in [-0.2, -0.15) is 0 Å². The molecule has 0 aliphatic heterocycles. The highest BCUT2D eigenvalue weighted by molar-refractivity contribution is 7.99. The molecule has 1 fully saturated rings. The van der Waals surface area contributed by atoms with Crippen LogP contribution in [0.5, 0.6) is 0 Å². The Hall–Kier alpha value is -1.83. The third kappa shape index (κ3) is 5.78. The second kappa shape index (κ2) is 10.3. The Labute approximate surface area is 221 Å². The summed E-state index contributed by atoms with van der Waals surface area (Å²) in [5.74, 6) is -0.207. The van der Waals surface area contributed by atoms with Crippen LogP contribution in [0.4, 0.5) is 0 Å². The lowest BCUT2D eigenvalue weighted by molar-refractivity contribution is -0.158. The van der Waals surface area contributed by atoms with E-state index in [1.54, 1.807) is 11.3 Å². The maximum atomic E-state index is 13.7. The number of thiophene rings is 1. The Morgan fingerprint density at radius 1 is 1.09 bits per heavy atom. The lowest BCUT2D eigenvalue weighted by atomic mass is 9.90. The van der Waals surface area contributed by atoms with Crippen LogP contribution in [0.1, 0.15) is 46.6 Å². The van der Waals surface area contributed by atoms with E-state index in [-0.39, 0.29) is 5.97 Å². The molecule has 0 saturated heterocycles. The Kier molecular flexibility index (Phi) is 7.70. The summed E-state index contributed by atoms with van der Waals surface area (Å²) in [7, 11) is 0. The zero-order chi connectivity index (χ0) is 25.3. The molecule has 1 aliphatic carbocycles. The molecule has 1 heterocycles. The van der Waals surface area contributed by atoms with E-state index >= 15 is 0 Å². The Balaban J connectivity index is 1.62. The third-order valence-corrected chi connectivity index (χ3v) is 8.65. The summed E-state index contributed by atoms with van der Waals surface area (Å²) in [6, 6.07) is 22.7. The van der Waals surface area contributed by atoms with E-state index in [0.29, 0.717) is 19.0 Å². The van der Waals surface area contributed by atoms with Crippen molar-refractivity contribution in [1.82, 2.24) is 10.0 Å². The van der Waals surface area contributed by atoms with E-state index in [1.807, 2.05) is 63.2 Å². The maximum absolute atomic E-state index is 13.7. The Morgan fingerprint density at radius 2 is 1.77 bits per heavy atom. The van der Waals surface area contributed by atoms with Crippen LogP contribution in [-0.4, -0.2) is 29.7 Å². The first-order valence-electron chi connectivity index (χ1n) is 11.9. The average Bonchev–Trinajstić information content (AvgIpc) is 3.25. The van der Waals surface area contributed by atoms with Gasteiger partial charge in [-0.15, -0.1) is 11.3 Å². The van der Waals surface area contributed by atoms with E-state index in [4.69, 9.17) is 16.3 Å². The fraction of sp³-hybridized carbons (Fsp3) is 0.393. The Bertz CT molecular complexity index is 1160. The van der Waals surface area contributed by atoms with Gasteiger partial charge in [0.05, 0.1) is 4.21 Å². The standard InChI is InChI=1S/C28H33ClN2O2S2/c1-19(2)30-18-27(21-9-7-6-8-10-21)17-28(27,25(32)33-26(3,4)5)31-35-24-16-15-23(34-24)20-11-13-22(29)14-12-20/h6-16,19,30-31H,17-18H2,1-5H3. The summed E-state index contributed by atoms with van der Waals surface area (Å²) >= 11 is 9.25. The Morgan fingerprint density at radius 3 is 2.40 bits per heavy atom. The molecule has 4 nitrogen and oxygen atoms in total. The molecule has 0 amide bonds. The van der Waals surface area contributed by atoms with Gasteiger partial charge in [-0.1, -0.05) is 67.9 Å². The minimum absolute atomic E-state index is 0.207. The highest BCUT2D eigenvalue weighted by Crippen LogP contribution is 2.59. The van der Waals surface area contributed by atoms with Gasteiger partial charge >= 0.3 is 5.97 Å². The second-order valence-electron chi connectivity index (χ2n) is 10.4. The van der Waals surface area contributed by atoms with Crippen LogP contribution < -0.4 is 10.0 Å². The fourth-order valence-corrected chi connectivity index (χ4v) is 6.49. The number of nitrogens with one attached hydrogen (secondary N) is 2. The molecule has 2 unspecified atom stereocenters. The highest BCUT2D eigenvalue weighted by Gasteiger charge is 2.74. The SMILES string of the molecule is CC(C)NCC1(c2ccccc2)CC1(NSc1ccc(-c2ccc(Cl)cc2)s1)C(=O)OC(C)(C)C. The third-order valence-electron chi connectivity index (χ3n) is 6.18. The number of benzene rings is 2. The summed E-state index contributed by atoms with van der Waals surface area (Å²) < 4.78 is 10.6. The van der Waals surface area contributed by atoms with E-state index in [2.05, 4.69) is 48.2 Å². The van der Waals surface area contributed by atoms with E-state index < -0.39 is 16.6 Å². The van der Waals surface area contributed by atoms with Crippen molar-refractivity contribution in [3.63, 3.8) is 0 Å². The molecule has 1 aromatic heterocycles. The molecule has 35 heavy (non-hydrogen) atoms. The first-order valence-corrected chi connectivity index (χ1v) is 13.9. The second-order valence-corrected chi connectivity index (χ2v) is 13.0. The molecule has 1 aliphatic rings. The average molecular weight is 529 g/mol. The van der Waals surface area contributed by atoms with Crippen LogP contribution in [0.15, 0.2) is 70.9 Å². The minimum Gasteiger partial charge on any atom is -0.459 e. The van der Waals surface area contributed by atoms with E-state index in [0.717, 1.165) is 25.2 Å². The number of carbonyl (C=O) groups is 1. The van der Waals surface area contributed by atoms with Gasteiger partial charge in [-0.25, -0.2) is 9.52 Å². The quantitative estimate of drug-likeness (QED) is 0.229. The van der Waals surface area contributed by atoms with Gasteiger partial charge in [0.1, 0.15) is 11.1 Å². The molecular formula is C28H33ClN2O2S2. The van der Waals surface area contributed by atoms with Gasteiger partial charge in [0.2, 0.25) is 0 Å². The number of hydrogen-bond acceptors (Lipinski definition) is 6. The number of hydrogen-bond donors (Lipinski definition) is 2.